The Labute approximate surface area is 148 Å². The monoisotopic (exact) mass is 487 g/mol. The molecule has 2 heterocycles. The summed E-state index contributed by atoms with van der Waals surface area (Å²) in [5.41, 5.74) is 0. The Morgan fingerprint density at radius 3 is 2.57 bits per heavy atom. The predicted molar refractivity (Wildman–Crippen MR) is 84.8 cm³/mol. The Balaban J connectivity index is 0.000000287. The molecular weight excluding hydrogens is 470 g/mol. The standard InChI is InChI=1S/C12H8N3.C5H8O2.Ir/c1-2-6-11-10(5-1)9-13-14-12(11)15-7-3-4-8-15;1-4(6)3-5(2)7;/h1-7,9H;3,6H,1-2H3;/q-1;;/b;4-3-;. The normalized spacial score (nSPS) is 10.4. The SMILES string of the molecule is CC(=O)/C=C(/C)O.[Ir].[c-]1cccn1-c1nncc2ccccc12. The van der Waals surface area contributed by atoms with E-state index in [1.807, 2.05) is 47.2 Å². The van der Waals surface area contributed by atoms with Crippen LogP contribution in [0.25, 0.3) is 16.6 Å². The van der Waals surface area contributed by atoms with Gasteiger partial charge in [0.25, 0.3) is 0 Å². The Morgan fingerprint density at radius 2 is 2.00 bits per heavy atom. The van der Waals surface area contributed by atoms with Crippen molar-refractivity contribution in [1.82, 2.24) is 14.8 Å². The molecule has 1 radical (unpaired) electrons. The van der Waals surface area contributed by atoms with Crippen LogP contribution in [0.1, 0.15) is 13.8 Å². The third-order valence-electron chi connectivity index (χ3n) is 2.74. The van der Waals surface area contributed by atoms with E-state index in [1.54, 1.807) is 6.20 Å². The van der Waals surface area contributed by atoms with Gasteiger partial charge in [-0.1, -0.05) is 30.5 Å². The van der Waals surface area contributed by atoms with Crippen molar-refractivity contribution < 1.29 is 30.0 Å². The van der Waals surface area contributed by atoms with Gasteiger partial charge in [0.1, 0.15) is 0 Å². The Kier molecular flexibility index (Phi) is 7.32. The van der Waals surface area contributed by atoms with Crippen LogP contribution >= 0.6 is 0 Å². The summed E-state index contributed by atoms with van der Waals surface area (Å²) in [4.78, 5) is 10.0. The first-order valence-corrected chi connectivity index (χ1v) is 6.71. The molecule has 0 bridgehead atoms. The molecule has 1 N–H and O–H groups in total. The molecule has 0 aliphatic rings. The van der Waals surface area contributed by atoms with Crippen molar-refractivity contribution in [3.8, 4) is 5.82 Å². The molecule has 0 unspecified atom stereocenters. The van der Waals surface area contributed by atoms with Gasteiger partial charge >= 0.3 is 0 Å². The zero-order valence-corrected chi connectivity index (χ0v) is 15.1. The third-order valence-corrected chi connectivity index (χ3v) is 2.74. The number of aliphatic hydroxyl groups is 1. The van der Waals surface area contributed by atoms with Gasteiger partial charge in [0, 0.05) is 26.2 Å². The smallest absolute Gasteiger partial charge is 0.155 e. The van der Waals surface area contributed by atoms with E-state index in [1.165, 1.54) is 19.9 Å². The number of rotatable bonds is 2. The first-order chi connectivity index (χ1) is 10.6. The van der Waals surface area contributed by atoms with Gasteiger partial charge < -0.3 is 9.67 Å². The van der Waals surface area contributed by atoms with Crippen molar-refractivity contribution in [2.45, 2.75) is 13.8 Å². The predicted octanol–water partition coefficient (Wildman–Crippen LogP) is 3.26. The van der Waals surface area contributed by atoms with Gasteiger partial charge in [0.2, 0.25) is 0 Å². The summed E-state index contributed by atoms with van der Waals surface area (Å²) in [6, 6.07) is 11.8. The van der Waals surface area contributed by atoms with Gasteiger partial charge in [-0.15, -0.1) is 12.3 Å². The largest absolute Gasteiger partial charge is 0.512 e. The molecule has 5 nitrogen and oxygen atoms in total. The molecule has 3 rings (SSSR count). The molecule has 0 spiro atoms. The van der Waals surface area contributed by atoms with E-state index < -0.39 is 0 Å². The van der Waals surface area contributed by atoms with Crippen LogP contribution in [0.4, 0.5) is 0 Å². The van der Waals surface area contributed by atoms with E-state index in [4.69, 9.17) is 5.11 Å². The van der Waals surface area contributed by atoms with Gasteiger partial charge in [-0.05, 0) is 24.6 Å². The molecule has 0 amide bonds. The minimum atomic E-state index is -0.125. The van der Waals surface area contributed by atoms with Crippen molar-refractivity contribution in [2.75, 3.05) is 0 Å². The molecule has 2 aromatic heterocycles. The zero-order chi connectivity index (χ0) is 15.9. The van der Waals surface area contributed by atoms with Crippen LogP contribution in [0.3, 0.4) is 0 Å². The van der Waals surface area contributed by atoms with Gasteiger partial charge in [-0.2, -0.15) is 16.3 Å². The summed E-state index contributed by atoms with van der Waals surface area (Å²) in [5, 5.41) is 18.6. The van der Waals surface area contributed by atoms with E-state index in [-0.39, 0.29) is 31.6 Å². The van der Waals surface area contributed by atoms with Crippen LogP contribution in [0.2, 0.25) is 0 Å². The number of hydrogen-bond donors (Lipinski definition) is 1. The second-order valence-electron chi connectivity index (χ2n) is 4.66. The zero-order valence-electron chi connectivity index (χ0n) is 12.7. The summed E-state index contributed by atoms with van der Waals surface area (Å²) in [7, 11) is 0. The van der Waals surface area contributed by atoms with Gasteiger partial charge in [0.05, 0.1) is 17.8 Å². The third kappa shape index (κ3) is 5.43. The van der Waals surface area contributed by atoms with E-state index in [0.29, 0.717) is 0 Å². The fourth-order valence-corrected chi connectivity index (χ4v) is 1.91. The Hall–Kier alpha value is -2.30. The van der Waals surface area contributed by atoms with E-state index >= 15 is 0 Å². The van der Waals surface area contributed by atoms with Crippen LogP contribution in [0, 0.1) is 6.20 Å². The van der Waals surface area contributed by atoms with Crippen molar-refractivity contribution >= 4 is 16.6 Å². The minimum absolute atomic E-state index is 0. The summed E-state index contributed by atoms with van der Waals surface area (Å²) in [5.74, 6) is 0.755. The van der Waals surface area contributed by atoms with Crippen molar-refractivity contribution in [3.05, 3.63) is 66.8 Å². The van der Waals surface area contributed by atoms with Crippen molar-refractivity contribution in [2.24, 2.45) is 0 Å². The number of aliphatic hydroxyl groups excluding tert-OH is 1. The molecule has 0 saturated carbocycles. The van der Waals surface area contributed by atoms with E-state index in [2.05, 4.69) is 16.4 Å². The van der Waals surface area contributed by atoms with Crippen LogP contribution in [0.15, 0.2) is 60.6 Å². The molecule has 1 aromatic carbocycles. The molecule has 0 aliphatic carbocycles. The topological polar surface area (TPSA) is 68.0 Å². The molecule has 121 valence electrons. The molecule has 23 heavy (non-hydrogen) atoms. The molecule has 0 saturated heterocycles. The molecule has 6 heteroatoms. The number of benzene rings is 1. The average molecular weight is 487 g/mol. The van der Waals surface area contributed by atoms with Crippen LogP contribution in [0.5, 0.6) is 0 Å². The summed E-state index contributed by atoms with van der Waals surface area (Å²) >= 11 is 0. The quantitative estimate of drug-likeness (QED) is 0.343. The van der Waals surface area contributed by atoms with Gasteiger partial charge in [0.15, 0.2) is 5.78 Å². The van der Waals surface area contributed by atoms with Gasteiger partial charge in [-0.25, -0.2) is 0 Å². The second kappa shape index (κ2) is 8.98. The molecule has 0 fully saturated rings. The molecule has 3 aromatic rings. The van der Waals surface area contributed by atoms with Crippen LogP contribution in [-0.2, 0) is 24.9 Å². The first kappa shape index (κ1) is 18.7. The number of aromatic nitrogens is 3. The summed E-state index contributed by atoms with van der Waals surface area (Å²) < 4.78 is 1.84. The maximum absolute atomic E-state index is 10.0. The Bertz CT molecular complexity index is 789. The van der Waals surface area contributed by atoms with E-state index in [9.17, 15) is 4.79 Å². The Morgan fingerprint density at radius 1 is 1.26 bits per heavy atom. The number of allylic oxidation sites excluding steroid dienone is 2. The average Bonchev–Trinajstić information content (AvgIpc) is 3.00. The molecule has 0 atom stereocenters. The molecular formula is C17H16IrN3O2-. The van der Waals surface area contributed by atoms with Gasteiger partial charge in [-0.3, -0.25) is 4.79 Å². The van der Waals surface area contributed by atoms with Crippen LogP contribution < -0.4 is 0 Å². The number of fused-ring (bicyclic) bond motifs is 1. The maximum atomic E-state index is 10.0. The summed E-state index contributed by atoms with van der Waals surface area (Å²) in [6.45, 7) is 2.85. The fourth-order valence-electron chi connectivity index (χ4n) is 1.91. The first-order valence-electron chi connectivity index (χ1n) is 6.71. The fraction of sp³-hybridized carbons (Fsp3) is 0.118. The van der Waals surface area contributed by atoms with Crippen molar-refractivity contribution in [1.29, 1.82) is 0 Å². The van der Waals surface area contributed by atoms with Crippen molar-refractivity contribution in [3.63, 3.8) is 0 Å². The summed E-state index contributed by atoms with van der Waals surface area (Å²) in [6.07, 6.45) is 7.91. The number of ketones is 1. The van der Waals surface area contributed by atoms with E-state index in [0.717, 1.165) is 16.6 Å². The molecule has 0 aliphatic heterocycles. The number of carbonyl (C=O) groups excluding carboxylic acids is 1. The number of carbonyl (C=O) groups is 1. The minimum Gasteiger partial charge on any atom is -0.512 e. The second-order valence-corrected chi connectivity index (χ2v) is 4.66. The number of hydrogen-bond acceptors (Lipinski definition) is 4. The van der Waals surface area contributed by atoms with Crippen LogP contribution in [-0.4, -0.2) is 25.7 Å². The maximum Gasteiger partial charge on any atom is 0.155 e. The number of nitrogens with zero attached hydrogens (tertiary/aromatic N) is 3.